The molecule has 1 aromatic heterocycles. The van der Waals surface area contributed by atoms with Gasteiger partial charge in [-0.2, -0.15) is 0 Å². The van der Waals surface area contributed by atoms with Crippen molar-refractivity contribution in [2.75, 3.05) is 50.6 Å². The summed E-state index contributed by atoms with van der Waals surface area (Å²) < 4.78 is 10.5. The molecule has 0 saturated carbocycles. The SMILES string of the molecule is COc1ccc(C(=O)Nc2nc(CC(=O)N3CCN(c4cccc(Cl)c4)CC3)cs2)cc1OC. The van der Waals surface area contributed by atoms with Gasteiger partial charge in [-0.25, -0.2) is 4.98 Å². The first kappa shape index (κ1) is 23.8. The molecule has 2 heterocycles. The summed E-state index contributed by atoms with van der Waals surface area (Å²) in [5, 5.41) is 5.72. The van der Waals surface area contributed by atoms with E-state index in [0.29, 0.717) is 46.0 Å². The predicted molar refractivity (Wildman–Crippen MR) is 134 cm³/mol. The Morgan fingerprint density at radius 2 is 1.82 bits per heavy atom. The molecule has 0 spiro atoms. The van der Waals surface area contributed by atoms with E-state index in [1.165, 1.54) is 25.6 Å². The number of nitrogens with one attached hydrogen (secondary N) is 1. The minimum Gasteiger partial charge on any atom is -0.493 e. The summed E-state index contributed by atoms with van der Waals surface area (Å²) in [5.74, 6) is 0.720. The molecule has 34 heavy (non-hydrogen) atoms. The molecule has 1 fully saturated rings. The molecule has 1 saturated heterocycles. The number of benzene rings is 2. The number of anilines is 2. The fourth-order valence-corrected chi connectivity index (χ4v) is 4.64. The summed E-state index contributed by atoms with van der Waals surface area (Å²) >= 11 is 7.38. The smallest absolute Gasteiger partial charge is 0.257 e. The van der Waals surface area contributed by atoms with Crippen LogP contribution in [0, 0.1) is 0 Å². The molecule has 2 amide bonds. The average molecular weight is 501 g/mol. The maximum Gasteiger partial charge on any atom is 0.257 e. The van der Waals surface area contributed by atoms with Crippen LogP contribution in [-0.2, 0) is 11.2 Å². The molecular formula is C24H25ClN4O4S. The van der Waals surface area contributed by atoms with Gasteiger partial charge in [-0.3, -0.25) is 14.9 Å². The molecule has 0 radical (unpaired) electrons. The van der Waals surface area contributed by atoms with Crippen molar-refractivity contribution in [3.63, 3.8) is 0 Å². The van der Waals surface area contributed by atoms with E-state index in [1.807, 2.05) is 29.2 Å². The maximum absolute atomic E-state index is 12.8. The number of hydrogen-bond acceptors (Lipinski definition) is 7. The molecular weight excluding hydrogens is 476 g/mol. The molecule has 1 aliphatic heterocycles. The quantitative estimate of drug-likeness (QED) is 0.528. The first-order chi connectivity index (χ1) is 16.5. The number of amides is 2. The number of piperazine rings is 1. The van der Waals surface area contributed by atoms with Crippen molar-refractivity contribution >= 4 is 45.6 Å². The number of methoxy groups -OCH3 is 2. The van der Waals surface area contributed by atoms with E-state index in [4.69, 9.17) is 21.1 Å². The van der Waals surface area contributed by atoms with E-state index in [1.54, 1.807) is 23.6 Å². The van der Waals surface area contributed by atoms with Gasteiger partial charge in [-0.15, -0.1) is 11.3 Å². The first-order valence-corrected chi connectivity index (χ1v) is 12.0. The van der Waals surface area contributed by atoms with Crippen LogP contribution in [0.2, 0.25) is 5.02 Å². The molecule has 3 aromatic rings. The van der Waals surface area contributed by atoms with Gasteiger partial charge < -0.3 is 19.3 Å². The van der Waals surface area contributed by atoms with E-state index in [2.05, 4.69) is 15.2 Å². The standard InChI is InChI=1S/C24H25ClN4O4S/c1-32-20-7-6-16(12-21(20)33-2)23(31)27-24-26-18(15-34-24)14-22(30)29-10-8-28(9-11-29)19-5-3-4-17(25)13-19/h3-7,12-13,15H,8-11,14H2,1-2H3,(H,26,27,31). The summed E-state index contributed by atoms with van der Waals surface area (Å²) in [6.07, 6.45) is 0.194. The first-order valence-electron chi connectivity index (χ1n) is 10.7. The zero-order valence-corrected chi connectivity index (χ0v) is 20.5. The summed E-state index contributed by atoms with van der Waals surface area (Å²) in [5.41, 5.74) is 2.12. The van der Waals surface area contributed by atoms with Crippen LogP contribution in [0.25, 0.3) is 0 Å². The van der Waals surface area contributed by atoms with Gasteiger partial charge in [0, 0.05) is 47.8 Å². The van der Waals surface area contributed by atoms with Crippen LogP contribution >= 0.6 is 22.9 Å². The van der Waals surface area contributed by atoms with Gasteiger partial charge in [0.2, 0.25) is 5.91 Å². The fraction of sp³-hybridized carbons (Fsp3) is 0.292. The third-order valence-corrected chi connectivity index (χ3v) is 6.60. The molecule has 178 valence electrons. The van der Waals surface area contributed by atoms with Crippen LogP contribution in [0.5, 0.6) is 11.5 Å². The lowest BCUT2D eigenvalue weighted by atomic mass is 10.2. The van der Waals surface area contributed by atoms with Gasteiger partial charge in [-0.1, -0.05) is 17.7 Å². The average Bonchev–Trinajstić information content (AvgIpc) is 3.30. The Bertz CT molecular complexity index is 1180. The van der Waals surface area contributed by atoms with Gasteiger partial charge in [0.15, 0.2) is 16.6 Å². The number of ether oxygens (including phenoxy) is 2. The van der Waals surface area contributed by atoms with Crippen LogP contribution in [0.15, 0.2) is 47.8 Å². The number of rotatable bonds is 7. The van der Waals surface area contributed by atoms with Crippen molar-refractivity contribution in [1.82, 2.24) is 9.88 Å². The van der Waals surface area contributed by atoms with Gasteiger partial charge in [0.25, 0.3) is 5.91 Å². The Balaban J connectivity index is 1.31. The molecule has 2 aromatic carbocycles. The predicted octanol–water partition coefficient (Wildman–Crippen LogP) is 3.96. The monoisotopic (exact) mass is 500 g/mol. The number of thiazole rings is 1. The lowest BCUT2D eigenvalue weighted by Crippen LogP contribution is -2.49. The summed E-state index contributed by atoms with van der Waals surface area (Å²) in [6.45, 7) is 2.77. The van der Waals surface area contributed by atoms with E-state index < -0.39 is 0 Å². The molecule has 1 N–H and O–H groups in total. The molecule has 0 bridgehead atoms. The second-order valence-corrected chi connectivity index (χ2v) is 8.99. The van der Waals surface area contributed by atoms with Crippen LogP contribution in [0.1, 0.15) is 16.1 Å². The van der Waals surface area contributed by atoms with Crippen molar-refractivity contribution in [3.8, 4) is 11.5 Å². The molecule has 0 aliphatic carbocycles. The van der Waals surface area contributed by atoms with E-state index in [-0.39, 0.29) is 18.2 Å². The third-order valence-electron chi connectivity index (χ3n) is 5.56. The highest BCUT2D eigenvalue weighted by Crippen LogP contribution is 2.28. The van der Waals surface area contributed by atoms with Crippen LogP contribution in [-0.4, -0.2) is 62.1 Å². The summed E-state index contributed by atoms with van der Waals surface area (Å²) in [7, 11) is 3.05. The largest absolute Gasteiger partial charge is 0.493 e. The lowest BCUT2D eigenvalue weighted by molar-refractivity contribution is -0.130. The Labute approximate surface area is 207 Å². The zero-order valence-electron chi connectivity index (χ0n) is 18.9. The van der Waals surface area contributed by atoms with E-state index in [0.717, 1.165) is 18.8 Å². The highest BCUT2D eigenvalue weighted by atomic mass is 35.5. The number of carbonyl (C=O) groups is 2. The Morgan fingerprint density at radius 1 is 1.06 bits per heavy atom. The van der Waals surface area contributed by atoms with Crippen LogP contribution in [0.3, 0.4) is 0 Å². The van der Waals surface area contributed by atoms with Crippen LogP contribution < -0.4 is 19.7 Å². The van der Waals surface area contributed by atoms with Gasteiger partial charge in [0.1, 0.15) is 0 Å². The zero-order chi connectivity index (χ0) is 24.1. The summed E-state index contributed by atoms with van der Waals surface area (Å²) in [6, 6.07) is 12.7. The van der Waals surface area contributed by atoms with Gasteiger partial charge in [-0.05, 0) is 36.4 Å². The van der Waals surface area contributed by atoms with Gasteiger partial charge >= 0.3 is 0 Å². The number of hydrogen-bond donors (Lipinski definition) is 1. The number of halogens is 1. The van der Waals surface area contributed by atoms with Crippen molar-refractivity contribution in [1.29, 1.82) is 0 Å². The third kappa shape index (κ3) is 5.60. The maximum atomic E-state index is 12.8. The minimum atomic E-state index is -0.315. The molecule has 0 atom stereocenters. The normalized spacial score (nSPS) is 13.5. The van der Waals surface area contributed by atoms with Crippen molar-refractivity contribution in [3.05, 3.63) is 64.1 Å². The topological polar surface area (TPSA) is 84.0 Å². The van der Waals surface area contributed by atoms with Crippen molar-refractivity contribution in [2.45, 2.75) is 6.42 Å². The fourth-order valence-electron chi connectivity index (χ4n) is 3.75. The highest BCUT2D eigenvalue weighted by molar-refractivity contribution is 7.14. The van der Waals surface area contributed by atoms with E-state index in [9.17, 15) is 9.59 Å². The molecule has 4 rings (SSSR count). The molecule has 1 aliphatic rings. The molecule has 10 heteroatoms. The lowest BCUT2D eigenvalue weighted by Gasteiger charge is -2.36. The molecule has 8 nitrogen and oxygen atoms in total. The number of carbonyl (C=O) groups excluding carboxylic acids is 2. The summed E-state index contributed by atoms with van der Waals surface area (Å²) in [4.78, 5) is 33.9. The van der Waals surface area contributed by atoms with Crippen molar-refractivity contribution < 1.29 is 19.1 Å². The Morgan fingerprint density at radius 3 is 2.53 bits per heavy atom. The van der Waals surface area contributed by atoms with Gasteiger partial charge in [0.05, 0.1) is 26.3 Å². The number of nitrogens with zero attached hydrogens (tertiary/aromatic N) is 3. The number of aromatic nitrogens is 1. The Kier molecular flexibility index (Phi) is 7.54. The second-order valence-electron chi connectivity index (χ2n) is 7.69. The molecule has 0 unspecified atom stereocenters. The van der Waals surface area contributed by atoms with Crippen molar-refractivity contribution in [2.24, 2.45) is 0 Å². The second kappa shape index (κ2) is 10.8. The highest BCUT2D eigenvalue weighted by Gasteiger charge is 2.22. The minimum absolute atomic E-state index is 0.0220. The Hall–Kier alpha value is -3.30. The van der Waals surface area contributed by atoms with E-state index >= 15 is 0 Å². The van der Waals surface area contributed by atoms with Crippen LogP contribution in [0.4, 0.5) is 10.8 Å².